The second kappa shape index (κ2) is 12.4. The van der Waals surface area contributed by atoms with E-state index in [9.17, 15) is 4.79 Å². The lowest BCUT2D eigenvalue weighted by Crippen LogP contribution is -2.46. The number of amides is 1. The van der Waals surface area contributed by atoms with Gasteiger partial charge in [0.05, 0.1) is 6.54 Å². The summed E-state index contributed by atoms with van der Waals surface area (Å²) in [5, 5.41) is 6.35. The molecule has 0 aliphatic carbocycles. The van der Waals surface area contributed by atoms with Crippen LogP contribution in [0.25, 0.3) is 0 Å². The van der Waals surface area contributed by atoms with E-state index in [-0.39, 0.29) is 29.9 Å². The molecule has 1 heterocycles. The van der Waals surface area contributed by atoms with E-state index in [1.54, 1.807) is 18.8 Å². The maximum absolute atomic E-state index is 12.1. The van der Waals surface area contributed by atoms with Crippen LogP contribution in [0, 0.1) is 0 Å². The molecule has 1 aromatic carbocycles. The van der Waals surface area contributed by atoms with Gasteiger partial charge in [-0.25, -0.2) is 0 Å². The Balaban J connectivity index is 0.00000288. The average molecular weight is 462 g/mol. The van der Waals surface area contributed by atoms with Crippen molar-refractivity contribution in [3.05, 3.63) is 30.3 Å². The van der Waals surface area contributed by atoms with Crippen molar-refractivity contribution in [2.75, 3.05) is 39.0 Å². The Hall–Kier alpha value is -0.960. The highest BCUT2D eigenvalue weighted by atomic mass is 127. The van der Waals surface area contributed by atoms with Crippen LogP contribution < -0.4 is 10.6 Å². The van der Waals surface area contributed by atoms with Gasteiger partial charge in [0.25, 0.3) is 0 Å². The third-order valence-corrected chi connectivity index (χ3v) is 4.76. The second-order valence-corrected chi connectivity index (χ2v) is 6.62. The van der Waals surface area contributed by atoms with E-state index in [2.05, 4.69) is 27.8 Å². The molecule has 0 aromatic heterocycles. The summed E-state index contributed by atoms with van der Waals surface area (Å²) in [4.78, 5) is 19.5. The quantitative estimate of drug-likeness (QED) is 0.224. The molecule has 0 saturated carbocycles. The molecule has 1 amide bonds. The number of rotatable bonds is 6. The lowest BCUT2D eigenvalue weighted by Gasteiger charge is -2.27. The van der Waals surface area contributed by atoms with Crippen LogP contribution in [0.5, 0.6) is 0 Å². The molecule has 1 aliphatic heterocycles. The van der Waals surface area contributed by atoms with Crippen LogP contribution in [0.4, 0.5) is 0 Å². The molecule has 0 bridgehead atoms. The van der Waals surface area contributed by atoms with E-state index < -0.39 is 0 Å². The molecule has 2 N–H and O–H groups in total. The fraction of sp³-hybridized carbons (Fsp3) is 0.529. The van der Waals surface area contributed by atoms with Crippen molar-refractivity contribution in [3.63, 3.8) is 0 Å². The monoisotopic (exact) mass is 462 g/mol. The fourth-order valence-electron chi connectivity index (χ4n) is 2.49. The molecular weight excluding hydrogens is 435 g/mol. The van der Waals surface area contributed by atoms with Crippen LogP contribution in [-0.2, 0) is 4.79 Å². The number of carbonyl (C=O) groups excluding carboxylic acids is 1. The van der Waals surface area contributed by atoms with Gasteiger partial charge in [-0.2, -0.15) is 0 Å². The Morgan fingerprint density at radius 1 is 1.17 bits per heavy atom. The van der Waals surface area contributed by atoms with Crippen LogP contribution in [0.1, 0.15) is 19.3 Å². The fourth-order valence-corrected chi connectivity index (χ4v) is 3.28. The molecule has 2 rings (SSSR count). The molecular formula is C17H27IN4OS. The standard InChI is InChI=1S/C17H26N4OS.HI/c1-18-17(19-10-13-23-15-8-4-2-5-9-15)20-14-16(22)21-11-6-3-7-12-21;/h2,4-5,8-9H,3,6-7,10-14H2,1H3,(H2,18,19,20);1H. The third kappa shape index (κ3) is 7.74. The zero-order valence-corrected chi connectivity index (χ0v) is 17.3. The number of aliphatic imine (C=N–C) groups is 1. The molecule has 7 heteroatoms. The van der Waals surface area contributed by atoms with Crippen LogP contribution in [0.3, 0.4) is 0 Å². The second-order valence-electron chi connectivity index (χ2n) is 5.46. The smallest absolute Gasteiger partial charge is 0.241 e. The first-order valence-corrected chi connectivity index (χ1v) is 9.18. The van der Waals surface area contributed by atoms with Crippen molar-refractivity contribution in [3.8, 4) is 0 Å². The zero-order chi connectivity index (χ0) is 16.3. The maximum Gasteiger partial charge on any atom is 0.241 e. The molecule has 1 saturated heterocycles. The number of nitrogens with zero attached hydrogens (tertiary/aromatic N) is 2. The number of nitrogens with one attached hydrogen (secondary N) is 2. The molecule has 0 spiro atoms. The number of halogens is 1. The predicted molar refractivity (Wildman–Crippen MR) is 112 cm³/mol. The number of hydrogen-bond donors (Lipinski definition) is 2. The predicted octanol–water partition coefficient (Wildman–Crippen LogP) is 2.57. The summed E-state index contributed by atoms with van der Waals surface area (Å²) in [7, 11) is 1.73. The summed E-state index contributed by atoms with van der Waals surface area (Å²) in [6.07, 6.45) is 3.48. The first kappa shape index (κ1) is 21.1. The maximum atomic E-state index is 12.1. The minimum absolute atomic E-state index is 0. The molecule has 0 unspecified atom stereocenters. The first-order valence-electron chi connectivity index (χ1n) is 8.20. The van der Waals surface area contributed by atoms with Gasteiger partial charge in [-0.3, -0.25) is 9.79 Å². The molecule has 5 nitrogen and oxygen atoms in total. The highest BCUT2D eigenvalue weighted by Crippen LogP contribution is 2.15. The SMILES string of the molecule is CN=C(NCCSc1ccccc1)NCC(=O)N1CCCCC1.I. The summed E-state index contributed by atoms with van der Waals surface area (Å²) >= 11 is 1.80. The molecule has 1 aliphatic rings. The Morgan fingerprint density at radius 2 is 1.88 bits per heavy atom. The summed E-state index contributed by atoms with van der Waals surface area (Å²) in [5.41, 5.74) is 0. The van der Waals surface area contributed by atoms with Crippen LogP contribution in [0.2, 0.25) is 0 Å². The van der Waals surface area contributed by atoms with Crippen LogP contribution in [0.15, 0.2) is 40.2 Å². The number of hydrogen-bond acceptors (Lipinski definition) is 3. The molecule has 1 fully saturated rings. The van der Waals surface area contributed by atoms with Gasteiger partial charge in [0.1, 0.15) is 0 Å². The Labute approximate surface area is 166 Å². The number of thioether (sulfide) groups is 1. The van der Waals surface area contributed by atoms with Gasteiger partial charge in [-0.1, -0.05) is 18.2 Å². The van der Waals surface area contributed by atoms with Gasteiger partial charge < -0.3 is 15.5 Å². The lowest BCUT2D eigenvalue weighted by atomic mass is 10.1. The Bertz CT molecular complexity index is 507. The van der Waals surface area contributed by atoms with E-state index in [1.807, 2.05) is 23.1 Å². The van der Waals surface area contributed by atoms with Crippen molar-refractivity contribution in [1.29, 1.82) is 0 Å². The van der Waals surface area contributed by atoms with Crippen molar-refractivity contribution in [2.45, 2.75) is 24.2 Å². The van der Waals surface area contributed by atoms with Gasteiger partial charge in [0.15, 0.2) is 5.96 Å². The van der Waals surface area contributed by atoms with E-state index >= 15 is 0 Å². The van der Waals surface area contributed by atoms with Gasteiger partial charge in [0, 0.05) is 37.3 Å². The van der Waals surface area contributed by atoms with Crippen LogP contribution >= 0.6 is 35.7 Å². The molecule has 1 aromatic rings. The van der Waals surface area contributed by atoms with Crippen molar-refractivity contribution < 1.29 is 4.79 Å². The lowest BCUT2D eigenvalue weighted by molar-refractivity contribution is -0.130. The molecule has 0 radical (unpaired) electrons. The number of likely N-dealkylation sites (tertiary alicyclic amines) is 1. The molecule has 0 atom stereocenters. The van der Waals surface area contributed by atoms with Crippen molar-refractivity contribution in [1.82, 2.24) is 15.5 Å². The average Bonchev–Trinajstić information content (AvgIpc) is 2.62. The summed E-state index contributed by atoms with van der Waals surface area (Å²) < 4.78 is 0. The highest BCUT2D eigenvalue weighted by molar-refractivity contribution is 14.0. The summed E-state index contributed by atoms with van der Waals surface area (Å²) in [5.74, 6) is 1.79. The zero-order valence-electron chi connectivity index (χ0n) is 14.2. The van der Waals surface area contributed by atoms with E-state index in [0.717, 1.165) is 38.2 Å². The number of benzene rings is 1. The first-order chi connectivity index (χ1) is 11.3. The van der Waals surface area contributed by atoms with Gasteiger partial charge in [-0.15, -0.1) is 35.7 Å². The summed E-state index contributed by atoms with van der Waals surface area (Å²) in [6.45, 7) is 2.89. The Kier molecular flexibility index (Phi) is 10.9. The minimum atomic E-state index is 0. The topological polar surface area (TPSA) is 56.7 Å². The van der Waals surface area contributed by atoms with Crippen molar-refractivity contribution in [2.24, 2.45) is 4.99 Å². The van der Waals surface area contributed by atoms with Gasteiger partial charge in [-0.05, 0) is 31.4 Å². The largest absolute Gasteiger partial charge is 0.356 e. The van der Waals surface area contributed by atoms with Crippen molar-refractivity contribution >= 4 is 47.6 Å². The number of guanidine groups is 1. The number of carbonyl (C=O) groups is 1. The highest BCUT2D eigenvalue weighted by Gasteiger charge is 2.16. The molecule has 24 heavy (non-hydrogen) atoms. The van der Waals surface area contributed by atoms with E-state index in [0.29, 0.717) is 12.5 Å². The minimum Gasteiger partial charge on any atom is -0.356 e. The van der Waals surface area contributed by atoms with E-state index in [1.165, 1.54) is 11.3 Å². The van der Waals surface area contributed by atoms with E-state index in [4.69, 9.17) is 0 Å². The number of piperidine rings is 1. The van der Waals surface area contributed by atoms with Gasteiger partial charge >= 0.3 is 0 Å². The Morgan fingerprint density at radius 3 is 2.54 bits per heavy atom. The third-order valence-electron chi connectivity index (χ3n) is 3.75. The van der Waals surface area contributed by atoms with Crippen LogP contribution in [-0.4, -0.2) is 55.7 Å². The molecule has 134 valence electrons. The normalized spacial score (nSPS) is 14.7. The summed E-state index contributed by atoms with van der Waals surface area (Å²) in [6, 6.07) is 10.3. The van der Waals surface area contributed by atoms with Gasteiger partial charge in [0.2, 0.25) is 5.91 Å².